The Bertz CT molecular complexity index is 863. The van der Waals surface area contributed by atoms with Crippen LogP contribution in [0.15, 0.2) is 50.2 Å². The fourth-order valence-corrected chi connectivity index (χ4v) is 2.39. The Morgan fingerprint density at radius 1 is 1.41 bits per heavy atom. The minimum Gasteiger partial charge on any atom is -0.467 e. The topological polar surface area (TPSA) is 77.4 Å². The van der Waals surface area contributed by atoms with E-state index in [9.17, 15) is 9.59 Å². The molecule has 0 saturated carbocycles. The van der Waals surface area contributed by atoms with Crippen LogP contribution in [0, 0.1) is 0 Å². The van der Waals surface area contributed by atoms with E-state index in [0.29, 0.717) is 21.9 Å². The first-order chi connectivity index (χ1) is 10.5. The first kappa shape index (κ1) is 14.5. The predicted molar refractivity (Wildman–Crippen MR) is 80.7 cm³/mol. The van der Waals surface area contributed by atoms with E-state index in [0.717, 1.165) is 0 Å². The molecule has 0 unspecified atom stereocenters. The van der Waals surface area contributed by atoms with Crippen molar-refractivity contribution in [1.82, 2.24) is 9.88 Å². The molecule has 3 aromatic rings. The van der Waals surface area contributed by atoms with Crippen LogP contribution in [0.25, 0.3) is 11.1 Å². The van der Waals surface area contributed by atoms with Gasteiger partial charge in [0.25, 0.3) is 0 Å². The van der Waals surface area contributed by atoms with Crippen molar-refractivity contribution in [3.05, 3.63) is 57.9 Å². The third kappa shape index (κ3) is 2.78. The second kappa shape index (κ2) is 5.73. The van der Waals surface area contributed by atoms with E-state index in [4.69, 9.17) is 20.4 Å². The number of carbonyl (C=O) groups excluding carboxylic acids is 1. The number of furan rings is 1. The van der Waals surface area contributed by atoms with E-state index in [1.807, 2.05) is 0 Å². The Morgan fingerprint density at radius 2 is 2.23 bits per heavy atom. The molecule has 1 amide bonds. The number of halogens is 1. The van der Waals surface area contributed by atoms with Crippen LogP contribution in [-0.4, -0.2) is 10.5 Å². The number of hydrogen-bond donors (Lipinski definition) is 1. The summed E-state index contributed by atoms with van der Waals surface area (Å²) in [6.45, 7) is 1.66. The molecular weight excluding hydrogens is 308 g/mol. The van der Waals surface area contributed by atoms with Crippen LogP contribution in [-0.2, 0) is 11.3 Å². The van der Waals surface area contributed by atoms with Crippen LogP contribution in [0.5, 0.6) is 0 Å². The van der Waals surface area contributed by atoms with Crippen molar-refractivity contribution in [3.8, 4) is 0 Å². The minimum absolute atomic E-state index is 0.140. The summed E-state index contributed by atoms with van der Waals surface area (Å²) in [5, 5.41) is 3.23. The molecule has 0 fully saturated rings. The quantitative estimate of drug-likeness (QED) is 0.801. The molecule has 2 heterocycles. The van der Waals surface area contributed by atoms with Gasteiger partial charge in [0, 0.05) is 11.1 Å². The molecule has 0 aliphatic rings. The van der Waals surface area contributed by atoms with Gasteiger partial charge in [-0.3, -0.25) is 9.36 Å². The van der Waals surface area contributed by atoms with Gasteiger partial charge in [-0.2, -0.15) is 0 Å². The normalized spacial score (nSPS) is 12.5. The predicted octanol–water partition coefficient (Wildman–Crippen LogP) is 2.72. The number of oxazole rings is 1. The first-order valence-corrected chi connectivity index (χ1v) is 7.04. The molecule has 0 spiro atoms. The molecule has 0 aliphatic carbocycles. The van der Waals surface area contributed by atoms with Gasteiger partial charge in [-0.1, -0.05) is 11.6 Å². The zero-order chi connectivity index (χ0) is 15.7. The highest BCUT2D eigenvalue weighted by Gasteiger charge is 2.16. The highest BCUT2D eigenvalue weighted by molar-refractivity contribution is 6.31. The molecule has 1 aromatic carbocycles. The molecule has 6 nitrogen and oxygen atoms in total. The number of rotatable bonds is 4. The molecule has 1 N–H and O–H groups in total. The Hall–Kier alpha value is -2.47. The average Bonchev–Trinajstić information content (AvgIpc) is 3.08. The van der Waals surface area contributed by atoms with Gasteiger partial charge in [0.1, 0.15) is 12.3 Å². The molecule has 114 valence electrons. The molecule has 2 aromatic heterocycles. The van der Waals surface area contributed by atoms with Gasteiger partial charge in [-0.05, 0) is 31.2 Å². The monoisotopic (exact) mass is 320 g/mol. The largest absolute Gasteiger partial charge is 0.467 e. The number of hydrogen-bond acceptors (Lipinski definition) is 4. The summed E-state index contributed by atoms with van der Waals surface area (Å²) in [4.78, 5) is 24.0. The Kier molecular flexibility index (Phi) is 3.77. The van der Waals surface area contributed by atoms with Crippen molar-refractivity contribution >= 4 is 28.6 Å². The van der Waals surface area contributed by atoms with Gasteiger partial charge in [0.05, 0.1) is 17.8 Å². The van der Waals surface area contributed by atoms with Crippen molar-refractivity contribution < 1.29 is 13.6 Å². The summed E-state index contributed by atoms with van der Waals surface area (Å²) in [5.74, 6) is -0.272. The molecular formula is C15H13ClN2O4. The zero-order valence-electron chi connectivity index (χ0n) is 11.7. The van der Waals surface area contributed by atoms with E-state index in [1.165, 1.54) is 16.9 Å². The summed E-state index contributed by atoms with van der Waals surface area (Å²) in [6, 6.07) is 8.05. The van der Waals surface area contributed by atoms with Crippen molar-refractivity contribution in [2.45, 2.75) is 19.5 Å². The van der Waals surface area contributed by atoms with Crippen molar-refractivity contribution in [3.63, 3.8) is 0 Å². The van der Waals surface area contributed by atoms with Gasteiger partial charge in [0.15, 0.2) is 5.58 Å². The Balaban J connectivity index is 1.79. The van der Waals surface area contributed by atoms with E-state index in [1.54, 1.807) is 31.2 Å². The molecule has 3 rings (SSSR count). The standard InChI is InChI=1S/C15H13ClN2O4/c1-9(12-3-2-6-21-12)17-14(19)8-18-11-5-4-10(16)7-13(11)22-15(18)20/h2-7,9H,8H2,1H3,(H,17,19)/t9-/m1/s1. The molecule has 0 bridgehead atoms. The maximum absolute atomic E-state index is 12.1. The lowest BCUT2D eigenvalue weighted by Gasteiger charge is -2.11. The highest BCUT2D eigenvalue weighted by Crippen LogP contribution is 2.18. The first-order valence-electron chi connectivity index (χ1n) is 6.66. The lowest BCUT2D eigenvalue weighted by Crippen LogP contribution is -2.32. The van der Waals surface area contributed by atoms with E-state index in [2.05, 4.69) is 5.32 Å². The van der Waals surface area contributed by atoms with Gasteiger partial charge >= 0.3 is 5.76 Å². The lowest BCUT2D eigenvalue weighted by atomic mass is 10.2. The van der Waals surface area contributed by atoms with Gasteiger partial charge in [0.2, 0.25) is 5.91 Å². The van der Waals surface area contributed by atoms with Crippen molar-refractivity contribution in [2.75, 3.05) is 0 Å². The van der Waals surface area contributed by atoms with Crippen molar-refractivity contribution in [1.29, 1.82) is 0 Å². The maximum atomic E-state index is 12.1. The van der Waals surface area contributed by atoms with Crippen LogP contribution in [0.4, 0.5) is 0 Å². The minimum atomic E-state index is -0.599. The summed E-state index contributed by atoms with van der Waals surface area (Å²) in [5.41, 5.74) is 0.875. The number of nitrogens with one attached hydrogen (secondary N) is 1. The van der Waals surface area contributed by atoms with Crippen LogP contribution in [0.2, 0.25) is 5.02 Å². The average molecular weight is 321 g/mol. The molecule has 1 atom stereocenters. The third-order valence-electron chi connectivity index (χ3n) is 3.28. The number of benzene rings is 1. The Morgan fingerprint density at radius 3 is 2.95 bits per heavy atom. The number of amides is 1. The SMILES string of the molecule is C[C@@H](NC(=O)Cn1c(=O)oc2cc(Cl)ccc21)c1ccco1. The fourth-order valence-electron chi connectivity index (χ4n) is 2.23. The summed E-state index contributed by atoms with van der Waals surface area (Å²) >= 11 is 5.85. The van der Waals surface area contributed by atoms with Crippen LogP contribution < -0.4 is 11.1 Å². The third-order valence-corrected chi connectivity index (χ3v) is 3.51. The van der Waals surface area contributed by atoms with Crippen LogP contribution >= 0.6 is 11.6 Å². The number of fused-ring (bicyclic) bond motifs is 1. The van der Waals surface area contributed by atoms with Gasteiger partial charge in [-0.15, -0.1) is 0 Å². The maximum Gasteiger partial charge on any atom is 0.420 e. The lowest BCUT2D eigenvalue weighted by molar-refractivity contribution is -0.122. The molecule has 0 aliphatic heterocycles. The second-order valence-corrected chi connectivity index (χ2v) is 5.31. The smallest absolute Gasteiger partial charge is 0.420 e. The summed E-state index contributed by atoms with van der Waals surface area (Å²) in [7, 11) is 0. The van der Waals surface area contributed by atoms with E-state index in [-0.39, 0.29) is 18.5 Å². The Labute approximate surface area is 130 Å². The molecule has 0 saturated heterocycles. The van der Waals surface area contributed by atoms with Crippen LogP contribution in [0.1, 0.15) is 18.7 Å². The number of aromatic nitrogens is 1. The fraction of sp³-hybridized carbons (Fsp3) is 0.200. The number of nitrogens with zero attached hydrogens (tertiary/aromatic N) is 1. The number of carbonyl (C=O) groups is 1. The molecule has 7 heteroatoms. The van der Waals surface area contributed by atoms with Crippen LogP contribution in [0.3, 0.4) is 0 Å². The highest BCUT2D eigenvalue weighted by atomic mass is 35.5. The van der Waals surface area contributed by atoms with Gasteiger partial charge < -0.3 is 14.2 Å². The van der Waals surface area contributed by atoms with E-state index >= 15 is 0 Å². The van der Waals surface area contributed by atoms with Gasteiger partial charge in [-0.25, -0.2) is 4.79 Å². The summed E-state index contributed by atoms with van der Waals surface area (Å²) in [6.07, 6.45) is 1.54. The zero-order valence-corrected chi connectivity index (χ0v) is 12.5. The molecule has 22 heavy (non-hydrogen) atoms. The van der Waals surface area contributed by atoms with E-state index < -0.39 is 5.76 Å². The second-order valence-electron chi connectivity index (χ2n) is 4.87. The summed E-state index contributed by atoms with van der Waals surface area (Å²) < 4.78 is 11.6. The molecule has 0 radical (unpaired) electrons. The van der Waals surface area contributed by atoms with Crippen molar-refractivity contribution in [2.24, 2.45) is 0 Å².